The number of hydrogen-bond donors (Lipinski definition) is 3. The Hall–Kier alpha value is -1.01. The number of rotatable bonds is 7. The smallest absolute Gasteiger partial charge is 0.242 e. The molecule has 4 N–H and O–H groups in total. The molecular formula is C11H20N4OS. The van der Waals surface area contributed by atoms with Gasteiger partial charge in [-0.15, -0.1) is 0 Å². The summed E-state index contributed by atoms with van der Waals surface area (Å²) < 4.78 is 0. The lowest BCUT2D eigenvalue weighted by Gasteiger charge is -2.09. The van der Waals surface area contributed by atoms with Crippen molar-refractivity contribution < 1.29 is 4.79 Å². The van der Waals surface area contributed by atoms with Gasteiger partial charge >= 0.3 is 0 Å². The average Bonchev–Trinajstić information content (AvgIpc) is 2.74. The van der Waals surface area contributed by atoms with Gasteiger partial charge in [0.15, 0.2) is 5.82 Å². The number of aryl methyl sites for hydroxylation is 1. The summed E-state index contributed by atoms with van der Waals surface area (Å²) in [5, 5.41) is 9.62. The number of hydrogen-bond acceptors (Lipinski definition) is 4. The summed E-state index contributed by atoms with van der Waals surface area (Å²) in [5.74, 6) is 1.27. The monoisotopic (exact) mass is 256 g/mol. The number of aromatic amines is 1. The molecule has 5 nitrogen and oxygen atoms in total. The predicted octanol–water partition coefficient (Wildman–Crippen LogP) is 1.38. The third-order valence-corrected chi connectivity index (χ3v) is 3.02. The summed E-state index contributed by atoms with van der Waals surface area (Å²) >= 11 is 1.68. The van der Waals surface area contributed by atoms with Crippen molar-refractivity contribution in [2.45, 2.75) is 32.2 Å². The highest BCUT2D eigenvalue weighted by atomic mass is 32.2. The molecule has 0 radical (unpaired) electrons. The number of carbonyl (C=O) groups is 1. The Kier molecular flexibility index (Phi) is 6.07. The molecule has 0 saturated heterocycles. The lowest BCUT2D eigenvalue weighted by molar-refractivity contribution is -0.117. The molecule has 0 fully saturated rings. The van der Waals surface area contributed by atoms with Crippen molar-refractivity contribution in [1.29, 1.82) is 0 Å². The lowest BCUT2D eigenvalue weighted by Crippen LogP contribution is -2.36. The summed E-state index contributed by atoms with van der Waals surface area (Å²) in [4.78, 5) is 11.7. The Morgan fingerprint density at radius 1 is 1.71 bits per heavy atom. The minimum Gasteiger partial charge on any atom is -0.320 e. The number of amides is 1. The molecule has 0 aromatic carbocycles. The van der Waals surface area contributed by atoms with E-state index >= 15 is 0 Å². The highest BCUT2D eigenvalue weighted by Gasteiger charge is 2.14. The Bertz CT molecular complexity index is 353. The number of nitrogens with zero attached hydrogens (tertiary/aromatic N) is 1. The molecule has 0 spiro atoms. The largest absolute Gasteiger partial charge is 0.320 e. The van der Waals surface area contributed by atoms with Crippen molar-refractivity contribution in [2.75, 3.05) is 17.3 Å². The maximum atomic E-state index is 11.7. The van der Waals surface area contributed by atoms with Crippen molar-refractivity contribution in [3.63, 3.8) is 0 Å². The van der Waals surface area contributed by atoms with Crippen LogP contribution in [0.1, 0.15) is 25.5 Å². The number of anilines is 1. The van der Waals surface area contributed by atoms with E-state index in [1.165, 1.54) is 0 Å². The lowest BCUT2D eigenvalue weighted by atomic mass is 10.2. The topological polar surface area (TPSA) is 83.8 Å². The van der Waals surface area contributed by atoms with Crippen LogP contribution in [0.5, 0.6) is 0 Å². The summed E-state index contributed by atoms with van der Waals surface area (Å²) in [6.45, 7) is 2.09. The Morgan fingerprint density at radius 3 is 3.12 bits per heavy atom. The Balaban J connectivity index is 2.43. The van der Waals surface area contributed by atoms with E-state index < -0.39 is 6.04 Å². The molecule has 0 aliphatic carbocycles. The van der Waals surface area contributed by atoms with Gasteiger partial charge in [-0.2, -0.15) is 16.9 Å². The number of carbonyl (C=O) groups excluding carboxylic acids is 1. The van der Waals surface area contributed by atoms with Crippen LogP contribution in [0.25, 0.3) is 0 Å². The molecule has 1 atom stereocenters. The Labute approximate surface area is 106 Å². The van der Waals surface area contributed by atoms with Gasteiger partial charge in [-0.25, -0.2) is 0 Å². The number of nitrogens with two attached hydrogens (primary N) is 1. The van der Waals surface area contributed by atoms with Crippen molar-refractivity contribution in [1.82, 2.24) is 10.2 Å². The second-order valence-corrected chi connectivity index (χ2v) is 4.89. The van der Waals surface area contributed by atoms with Crippen LogP contribution in [-0.4, -0.2) is 34.2 Å². The van der Waals surface area contributed by atoms with E-state index in [1.54, 1.807) is 11.8 Å². The number of nitrogens with one attached hydrogen (secondary N) is 2. The summed E-state index contributed by atoms with van der Waals surface area (Å²) in [6, 6.07) is 1.39. The number of H-pyrrole nitrogens is 1. The van der Waals surface area contributed by atoms with Crippen molar-refractivity contribution in [2.24, 2.45) is 5.73 Å². The van der Waals surface area contributed by atoms with Crippen LogP contribution in [0.3, 0.4) is 0 Å². The van der Waals surface area contributed by atoms with Crippen LogP contribution in [-0.2, 0) is 11.2 Å². The third kappa shape index (κ3) is 4.79. The molecule has 1 aromatic rings. The molecular weight excluding hydrogens is 236 g/mol. The SMILES string of the molecule is CCCc1cc(NC(=O)[C@@H](N)CCSC)n[nH]1. The molecule has 1 aromatic heterocycles. The molecule has 0 saturated carbocycles. The first-order valence-electron chi connectivity index (χ1n) is 5.77. The second-order valence-electron chi connectivity index (χ2n) is 3.91. The van der Waals surface area contributed by atoms with Crippen molar-refractivity contribution in [3.05, 3.63) is 11.8 Å². The quantitative estimate of drug-likeness (QED) is 0.688. The van der Waals surface area contributed by atoms with Gasteiger partial charge in [0.2, 0.25) is 5.91 Å². The third-order valence-electron chi connectivity index (χ3n) is 2.37. The van der Waals surface area contributed by atoms with Crippen LogP contribution < -0.4 is 11.1 Å². The highest BCUT2D eigenvalue weighted by molar-refractivity contribution is 7.98. The first-order valence-corrected chi connectivity index (χ1v) is 7.16. The number of aromatic nitrogens is 2. The standard InChI is InChI=1S/C11H20N4OS/c1-3-4-8-7-10(15-14-8)13-11(16)9(12)5-6-17-2/h7,9H,3-6,12H2,1-2H3,(H2,13,14,15,16)/t9-/m0/s1. The predicted molar refractivity (Wildman–Crippen MR) is 72.2 cm³/mol. The zero-order valence-electron chi connectivity index (χ0n) is 10.3. The normalized spacial score (nSPS) is 12.4. The van der Waals surface area contributed by atoms with E-state index in [0.717, 1.165) is 24.3 Å². The van der Waals surface area contributed by atoms with E-state index in [-0.39, 0.29) is 5.91 Å². The maximum absolute atomic E-state index is 11.7. The second kappa shape index (κ2) is 7.34. The van der Waals surface area contributed by atoms with E-state index in [2.05, 4.69) is 22.4 Å². The van der Waals surface area contributed by atoms with Gasteiger partial charge in [-0.1, -0.05) is 13.3 Å². The van der Waals surface area contributed by atoms with Gasteiger partial charge in [-0.3, -0.25) is 9.89 Å². The van der Waals surface area contributed by atoms with Crippen molar-refractivity contribution >= 4 is 23.5 Å². The van der Waals surface area contributed by atoms with Gasteiger partial charge in [0.25, 0.3) is 0 Å². The number of thioether (sulfide) groups is 1. The zero-order valence-corrected chi connectivity index (χ0v) is 11.1. The van der Waals surface area contributed by atoms with Crippen LogP contribution >= 0.6 is 11.8 Å². The van der Waals surface area contributed by atoms with Crippen LogP contribution in [0.2, 0.25) is 0 Å². The van der Waals surface area contributed by atoms with E-state index in [0.29, 0.717) is 12.2 Å². The molecule has 0 bridgehead atoms. The summed E-state index contributed by atoms with van der Waals surface area (Å²) in [6.07, 6.45) is 4.65. The van der Waals surface area contributed by atoms with E-state index in [4.69, 9.17) is 5.73 Å². The Morgan fingerprint density at radius 2 is 2.47 bits per heavy atom. The summed E-state index contributed by atoms with van der Waals surface area (Å²) in [7, 11) is 0. The minimum absolute atomic E-state index is 0.173. The van der Waals surface area contributed by atoms with E-state index in [9.17, 15) is 4.79 Å². The molecule has 6 heteroatoms. The van der Waals surface area contributed by atoms with Gasteiger partial charge in [0.05, 0.1) is 6.04 Å². The molecule has 17 heavy (non-hydrogen) atoms. The maximum Gasteiger partial charge on any atom is 0.242 e. The van der Waals surface area contributed by atoms with Gasteiger partial charge in [0.1, 0.15) is 0 Å². The zero-order chi connectivity index (χ0) is 12.7. The molecule has 1 rings (SSSR count). The van der Waals surface area contributed by atoms with Gasteiger partial charge in [0, 0.05) is 11.8 Å². The van der Waals surface area contributed by atoms with Gasteiger partial charge < -0.3 is 11.1 Å². The first kappa shape index (κ1) is 14.1. The molecule has 96 valence electrons. The van der Waals surface area contributed by atoms with Crippen LogP contribution in [0.4, 0.5) is 5.82 Å². The van der Waals surface area contributed by atoms with Crippen LogP contribution in [0, 0.1) is 0 Å². The minimum atomic E-state index is -0.464. The molecule has 1 heterocycles. The fourth-order valence-electron chi connectivity index (χ4n) is 1.42. The summed E-state index contributed by atoms with van der Waals surface area (Å²) in [5.41, 5.74) is 6.78. The van der Waals surface area contributed by atoms with Crippen LogP contribution in [0.15, 0.2) is 6.07 Å². The average molecular weight is 256 g/mol. The molecule has 0 aliphatic rings. The first-order chi connectivity index (χ1) is 8.17. The molecule has 0 aliphatic heterocycles. The van der Waals surface area contributed by atoms with Gasteiger partial charge in [-0.05, 0) is 24.9 Å². The van der Waals surface area contributed by atoms with Crippen molar-refractivity contribution in [3.8, 4) is 0 Å². The highest BCUT2D eigenvalue weighted by Crippen LogP contribution is 2.08. The fraction of sp³-hybridized carbons (Fsp3) is 0.636. The molecule has 1 amide bonds. The molecule has 0 unspecified atom stereocenters. The van der Waals surface area contributed by atoms with E-state index in [1.807, 2.05) is 12.3 Å². The fourth-order valence-corrected chi connectivity index (χ4v) is 1.91.